The van der Waals surface area contributed by atoms with Crippen molar-refractivity contribution in [2.24, 2.45) is 5.92 Å². The van der Waals surface area contributed by atoms with E-state index in [2.05, 4.69) is 23.8 Å². The van der Waals surface area contributed by atoms with Gasteiger partial charge in [-0.2, -0.15) is 0 Å². The third kappa shape index (κ3) is 4.95. The van der Waals surface area contributed by atoms with Crippen LogP contribution in [0.1, 0.15) is 36.5 Å². The van der Waals surface area contributed by atoms with E-state index in [0.29, 0.717) is 45.6 Å². The number of nitrogens with zero attached hydrogens (tertiary/aromatic N) is 2. The summed E-state index contributed by atoms with van der Waals surface area (Å²) >= 11 is 1.34. The van der Waals surface area contributed by atoms with Gasteiger partial charge >= 0.3 is 0 Å². The van der Waals surface area contributed by atoms with E-state index in [4.69, 9.17) is 9.47 Å². The minimum atomic E-state index is -0.204. The molecule has 0 saturated carbocycles. The normalized spacial score (nSPS) is 11.1. The number of aromatic nitrogens is 2. The van der Waals surface area contributed by atoms with E-state index < -0.39 is 0 Å². The summed E-state index contributed by atoms with van der Waals surface area (Å²) < 4.78 is 11.8. The van der Waals surface area contributed by atoms with Crippen LogP contribution in [-0.4, -0.2) is 41.5 Å². The second kappa shape index (κ2) is 9.09. The average Bonchev–Trinajstić information content (AvgIpc) is 3.16. The van der Waals surface area contributed by atoms with Gasteiger partial charge in [0.05, 0.1) is 25.8 Å². The second-order valence-electron chi connectivity index (χ2n) is 7.21. The Morgan fingerprint density at radius 1 is 1.28 bits per heavy atom. The Hall–Kier alpha value is -2.87. The largest absolute Gasteiger partial charge is 0.493 e. The van der Waals surface area contributed by atoms with Gasteiger partial charge in [0.25, 0.3) is 11.5 Å². The van der Waals surface area contributed by atoms with Gasteiger partial charge in [0, 0.05) is 12.6 Å². The van der Waals surface area contributed by atoms with Gasteiger partial charge in [-0.15, -0.1) is 11.3 Å². The first-order valence-corrected chi connectivity index (χ1v) is 10.3. The van der Waals surface area contributed by atoms with Crippen molar-refractivity contribution in [3.8, 4) is 11.5 Å². The van der Waals surface area contributed by atoms with Crippen LogP contribution in [-0.2, 0) is 6.54 Å². The van der Waals surface area contributed by atoms with Gasteiger partial charge in [0.15, 0.2) is 11.5 Å². The van der Waals surface area contributed by atoms with Crippen molar-refractivity contribution in [3.05, 3.63) is 51.4 Å². The van der Waals surface area contributed by atoms with E-state index >= 15 is 0 Å². The van der Waals surface area contributed by atoms with Gasteiger partial charge in [-0.3, -0.25) is 9.59 Å². The summed E-state index contributed by atoms with van der Waals surface area (Å²) in [5.74, 6) is 1.91. The molecule has 2 aromatic heterocycles. The summed E-state index contributed by atoms with van der Waals surface area (Å²) in [4.78, 5) is 33.6. The van der Waals surface area contributed by atoms with E-state index in [1.807, 2.05) is 5.38 Å². The van der Waals surface area contributed by atoms with E-state index in [1.54, 1.807) is 38.4 Å². The highest BCUT2D eigenvalue weighted by molar-refractivity contribution is 7.17. The lowest BCUT2D eigenvalue weighted by molar-refractivity contribution is 0.0781. The quantitative estimate of drug-likeness (QED) is 0.607. The number of carbonyl (C=O) groups is 1. The van der Waals surface area contributed by atoms with E-state index in [9.17, 15) is 9.59 Å². The van der Waals surface area contributed by atoms with Crippen molar-refractivity contribution in [2.45, 2.75) is 26.8 Å². The molecule has 3 aromatic rings. The Labute approximate surface area is 173 Å². The second-order valence-corrected chi connectivity index (χ2v) is 8.12. The predicted molar refractivity (Wildman–Crippen MR) is 114 cm³/mol. The molecule has 1 aromatic carbocycles. The topological polar surface area (TPSA) is 84.5 Å². The molecule has 3 rings (SSSR count). The van der Waals surface area contributed by atoms with Crippen LogP contribution in [0, 0.1) is 5.92 Å². The third-order valence-corrected chi connectivity index (χ3v) is 5.36. The highest BCUT2D eigenvalue weighted by Gasteiger charge is 2.17. The number of hydrogen-bond acceptors (Lipinski definition) is 6. The zero-order valence-corrected chi connectivity index (χ0v) is 17.8. The standard InChI is InChI=1S/C21H25N3O4S/c1-13(2)7-9-28-16-6-5-14(11-17(16)27-4)21(26)24(3)12-18-22-15-8-10-29-19(15)20(25)23-18/h5-6,8,10-11,13H,7,9,12H2,1-4H3,(H,22,23,25). The molecule has 0 unspecified atom stereocenters. The molecule has 0 spiro atoms. The number of hydrogen-bond donors (Lipinski definition) is 1. The van der Waals surface area contributed by atoms with Crippen molar-refractivity contribution < 1.29 is 14.3 Å². The molecule has 1 N–H and O–H groups in total. The van der Waals surface area contributed by atoms with Crippen molar-refractivity contribution in [2.75, 3.05) is 20.8 Å². The summed E-state index contributed by atoms with van der Waals surface area (Å²) in [5, 5.41) is 1.82. The summed E-state index contributed by atoms with van der Waals surface area (Å²) in [5.41, 5.74) is 0.920. The number of methoxy groups -OCH3 is 1. The molecule has 0 aliphatic rings. The zero-order valence-electron chi connectivity index (χ0n) is 17.0. The Morgan fingerprint density at radius 3 is 2.79 bits per heavy atom. The zero-order chi connectivity index (χ0) is 21.0. The Morgan fingerprint density at radius 2 is 2.07 bits per heavy atom. The number of ether oxygens (including phenoxy) is 2. The Balaban J connectivity index is 1.73. The molecule has 7 nitrogen and oxygen atoms in total. The molecular weight excluding hydrogens is 390 g/mol. The van der Waals surface area contributed by atoms with Crippen LogP contribution in [0.15, 0.2) is 34.4 Å². The van der Waals surface area contributed by atoms with Gasteiger partial charge in [-0.05, 0) is 42.0 Å². The smallest absolute Gasteiger partial charge is 0.268 e. The number of fused-ring (bicyclic) bond motifs is 1. The van der Waals surface area contributed by atoms with Crippen LogP contribution in [0.5, 0.6) is 11.5 Å². The fourth-order valence-corrected chi connectivity index (χ4v) is 3.56. The third-order valence-electron chi connectivity index (χ3n) is 4.46. The van der Waals surface area contributed by atoms with Crippen molar-refractivity contribution in [1.82, 2.24) is 14.9 Å². The summed E-state index contributed by atoms with van der Waals surface area (Å²) in [6.07, 6.45) is 0.937. The van der Waals surface area contributed by atoms with Crippen molar-refractivity contribution >= 4 is 27.5 Å². The molecule has 0 aliphatic carbocycles. The van der Waals surface area contributed by atoms with Crippen LogP contribution in [0.25, 0.3) is 10.2 Å². The number of amides is 1. The molecule has 29 heavy (non-hydrogen) atoms. The summed E-state index contributed by atoms with van der Waals surface area (Å²) in [6.45, 7) is 5.05. The SMILES string of the molecule is COc1cc(C(=O)N(C)Cc2nc3ccsc3c(=O)[nH]2)ccc1OCCC(C)C. The minimum absolute atomic E-state index is 0.189. The molecule has 154 valence electrons. The Bertz CT molecular complexity index is 1060. The first-order chi connectivity index (χ1) is 13.9. The molecule has 0 atom stereocenters. The highest BCUT2D eigenvalue weighted by atomic mass is 32.1. The first kappa shape index (κ1) is 20.9. The number of benzene rings is 1. The molecule has 1 amide bonds. The van der Waals surface area contributed by atoms with Crippen LogP contribution in [0.2, 0.25) is 0 Å². The summed E-state index contributed by atoms with van der Waals surface area (Å²) in [6, 6.07) is 6.92. The first-order valence-electron chi connectivity index (χ1n) is 9.41. The fraction of sp³-hybridized carbons (Fsp3) is 0.381. The molecular formula is C21H25N3O4S. The number of aromatic amines is 1. The van der Waals surface area contributed by atoms with Crippen LogP contribution >= 0.6 is 11.3 Å². The average molecular weight is 416 g/mol. The molecule has 0 saturated heterocycles. The van der Waals surface area contributed by atoms with Gasteiger partial charge in [-0.25, -0.2) is 4.98 Å². The Kier molecular flexibility index (Phi) is 6.53. The van der Waals surface area contributed by atoms with Crippen molar-refractivity contribution in [3.63, 3.8) is 0 Å². The molecule has 0 radical (unpaired) electrons. The number of rotatable bonds is 8. The molecule has 0 aliphatic heterocycles. The molecule has 8 heteroatoms. The predicted octanol–water partition coefficient (Wildman–Crippen LogP) is 3.69. The highest BCUT2D eigenvalue weighted by Crippen LogP contribution is 2.29. The molecule has 2 heterocycles. The van der Waals surface area contributed by atoms with Crippen LogP contribution in [0.3, 0.4) is 0 Å². The maximum Gasteiger partial charge on any atom is 0.268 e. The fourth-order valence-electron chi connectivity index (χ4n) is 2.84. The van der Waals surface area contributed by atoms with Crippen molar-refractivity contribution in [1.29, 1.82) is 0 Å². The van der Waals surface area contributed by atoms with E-state index in [-0.39, 0.29) is 18.0 Å². The van der Waals surface area contributed by atoms with Gasteiger partial charge < -0.3 is 19.4 Å². The monoisotopic (exact) mass is 415 g/mol. The van der Waals surface area contributed by atoms with Crippen LogP contribution < -0.4 is 15.0 Å². The van der Waals surface area contributed by atoms with E-state index in [0.717, 1.165) is 6.42 Å². The van der Waals surface area contributed by atoms with Gasteiger partial charge in [0.2, 0.25) is 0 Å². The van der Waals surface area contributed by atoms with E-state index in [1.165, 1.54) is 16.2 Å². The number of nitrogens with one attached hydrogen (secondary N) is 1. The maximum absolute atomic E-state index is 12.8. The molecule has 0 bridgehead atoms. The maximum atomic E-state index is 12.8. The lowest BCUT2D eigenvalue weighted by atomic mass is 10.1. The summed E-state index contributed by atoms with van der Waals surface area (Å²) in [7, 11) is 3.22. The number of H-pyrrole nitrogens is 1. The number of thiophene rings is 1. The van der Waals surface area contributed by atoms with Gasteiger partial charge in [0.1, 0.15) is 10.5 Å². The lowest BCUT2D eigenvalue weighted by Gasteiger charge is -2.18. The number of carbonyl (C=O) groups excluding carboxylic acids is 1. The van der Waals surface area contributed by atoms with Gasteiger partial charge in [-0.1, -0.05) is 13.8 Å². The lowest BCUT2D eigenvalue weighted by Crippen LogP contribution is -2.28. The molecule has 0 fully saturated rings. The minimum Gasteiger partial charge on any atom is -0.493 e. The van der Waals surface area contributed by atoms with Crippen LogP contribution in [0.4, 0.5) is 0 Å².